The predicted molar refractivity (Wildman–Crippen MR) is 100 cm³/mol. The number of furan rings is 1. The first-order valence-corrected chi connectivity index (χ1v) is 9.25. The van der Waals surface area contributed by atoms with Crippen LogP contribution in [0, 0.1) is 13.8 Å². The molecule has 0 fully saturated rings. The standard InChI is InChI=1S/C19H20N2O3S/c1-13-4-6-15(19-11-5-14(2)24-19)12-18(13)21(3)25(22,23)17-9-7-16(20)8-10-17/h4-12H,20H2,1-3H3. The summed E-state index contributed by atoms with van der Waals surface area (Å²) in [5.41, 5.74) is 8.45. The van der Waals surface area contributed by atoms with Crippen LogP contribution in [0.15, 0.2) is 63.9 Å². The molecule has 25 heavy (non-hydrogen) atoms. The fraction of sp³-hybridized carbons (Fsp3) is 0.158. The summed E-state index contributed by atoms with van der Waals surface area (Å²) < 4.78 is 32.8. The van der Waals surface area contributed by atoms with E-state index in [2.05, 4.69) is 0 Å². The van der Waals surface area contributed by atoms with Crippen molar-refractivity contribution in [3.05, 3.63) is 65.9 Å². The minimum absolute atomic E-state index is 0.197. The van der Waals surface area contributed by atoms with Gasteiger partial charge in [0.25, 0.3) is 10.0 Å². The van der Waals surface area contributed by atoms with Gasteiger partial charge in [-0.25, -0.2) is 8.42 Å². The molecule has 5 nitrogen and oxygen atoms in total. The molecule has 6 heteroatoms. The molecular formula is C19H20N2O3S. The van der Waals surface area contributed by atoms with Gasteiger partial charge in [0.2, 0.25) is 0 Å². The highest BCUT2D eigenvalue weighted by atomic mass is 32.2. The molecule has 130 valence electrons. The van der Waals surface area contributed by atoms with E-state index in [-0.39, 0.29) is 4.90 Å². The summed E-state index contributed by atoms with van der Waals surface area (Å²) >= 11 is 0. The SMILES string of the molecule is Cc1ccc(-c2ccc(C)c(N(C)S(=O)(=O)c3ccc(N)cc3)c2)o1. The van der Waals surface area contributed by atoms with Crippen LogP contribution < -0.4 is 10.0 Å². The van der Waals surface area contributed by atoms with Gasteiger partial charge in [0.05, 0.1) is 10.6 Å². The smallest absolute Gasteiger partial charge is 0.264 e. The molecule has 0 saturated carbocycles. The Hall–Kier alpha value is -2.73. The Morgan fingerprint density at radius 3 is 2.24 bits per heavy atom. The molecule has 0 amide bonds. The lowest BCUT2D eigenvalue weighted by Crippen LogP contribution is -2.27. The molecule has 1 heterocycles. The normalized spacial score (nSPS) is 11.5. The molecule has 2 N–H and O–H groups in total. The Kier molecular flexibility index (Phi) is 4.30. The number of hydrogen-bond acceptors (Lipinski definition) is 4. The molecule has 1 aromatic heterocycles. The Bertz CT molecular complexity index is 1010. The monoisotopic (exact) mass is 356 g/mol. The van der Waals surface area contributed by atoms with Crippen LogP contribution in [0.4, 0.5) is 11.4 Å². The average molecular weight is 356 g/mol. The van der Waals surface area contributed by atoms with Gasteiger partial charge < -0.3 is 10.2 Å². The summed E-state index contributed by atoms with van der Waals surface area (Å²) in [6.07, 6.45) is 0. The van der Waals surface area contributed by atoms with E-state index < -0.39 is 10.0 Å². The molecule has 0 aliphatic heterocycles. The second kappa shape index (κ2) is 6.29. The van der Waals surface area contributed by atoms with Crippen LogP contribution in [0.1, 0.15) is 11.3 Å². The van der Waals surface area contributed by atoms with Crippen LogP contribution >= 0.6 is 0 Å². The number of anilines is 2. The van der Waals surface area contributed by atoms with Gasteiger partial charge in [-0.2, -0.15) is 0 Å². The Balaban J connectivity index is 2.04. The number of hydrogen-bond donors (Lipinski definition) is 1. The highest BCUT2D eigenvalue weighted by Gasteiger charge is 2.23. The van der Waals surface area contributed by atoms with Gasteiger partial charge in [-0.15, -0.1) is 0 Å². The highest BCUT2D eigenvalue weighted by molar-refractivity contribution is 7.92. The van der Waals surface area contributed by atoms with Crippen molar-refractivity contribution < 1.29 is 12.8 Å². The Labute approximate surface area is 147 Å². The fourth-order valence-corrected chi connectivity index (χ4v) is 3.87. The van der Waals surface area contributed by atoms with Gasteiger partial charge in [-0.1, -0.05) is 12.1 Å². The van der Waals surface area contributed by atoms with E-state index >= 15 is 0 Å². The van der Waals surface area contributed by atoms with Crippen molar-refractivity contribution in [1.82, 2.24) is 0 Å². The van der Waals surface area contributed by atoms with Crippen molar-refractivity contribution >= 4 is 21.4 Å². The number of nitrogens with zero attached hydrogens (tertiary/aromatic N) is 1. The van der Waals surface area contributed by atoms with Crippen molar-refractivity contribution in [3.63, 3.8) is 0 Å². The first-order chi connectivity index (χ1) is 11.8. The summed E-state index contributed by atoms with van der Waals surface area (Å²) in [7, 11) is -2.13. The zero-order valence-electron chi connectivity index (χ0n) is 14.4. The van der Waals surface area contributed by atoms with E-state index in [1.807, 2.05) is 44.2 Å². The van der Waals surface area contributed by atoms with Gasteiger partial charge in [0.15, 0.2) is 0 Å². The molecule has 0 spiro atoms. The van der Waals surface area contributed by atoms with Crippen molar-refractivity contribution in [3.8, 4) is 11.3 Å². The van der Waals surface area contributed by atoms with Gasteiger partial charge in [0, 0.05) is 18.3 Å². The van der Waals surface area contributed by atoms with Crippen LogP contribution in [-0.4, -0.2) is 15.5 Å². The van der Waals surface area contributed by atoms with E-state index in [0.29, 0.717) is 17.1 Å². The van der Waals surface area contributed by atoms with Gasteiger partial charge >= 0.3 is 0 Å². The highest BCUT2D eigenvalue weighted by Crippen LogP contribution is 2.31. The number of rotatable bonds is 4. The Morgan fingerprint density at radius 1 is 0.960 bits per heavy atom. The summed E-state index contributed by atoms with van der Waals surface area (Å²) in [6.45, 7) is 3.75. The maximum Gasteiger partial charge on any atom is 0.264 e. The van der Waals surface area contributed by atoms with Gasteiger partial charge in [0.1, 0.15) is 11.5 Å². The van der Waals surface area contributed by atoms with Crippen LogP contribution in [0.2, 0.25) is 0 Å². The molecular weight excluding hydrogens is 336 g/mol. The first-order valence-electron chi connectivity index (χ1n) is 7.81. The maximum atomic E-state index is 12.9. The van der Waals surface area contributed by atoms with E-state index in [9.17, 15) is 8.42 Å². The topological polar surface area (TPSA) is 76.5 Å². The fourth-order valence-electron chi connectivity index (χ4n) is 2.62. The molecule has 0 atom stereocenters. The molecule has 3 rings (SSSR count). The molecule has 3 aromatic rings. The van der Waals surface area contributed by atoms with E-state index in [1.54, 1.807) is 19.2 Å². The summed E-state index contributed by atoms with van der Waals surface area (Å²) in [4.78, 5) is 0.197. The summed E-state index contributed by atoms with van der Waals surface area (Å²) in [6, 6.07) is 15.6. The van der Waals surface area contributed by atoms with Crippen molar-refractivity contribution in [1.29, 1.82) is 0 Å². The third kappa shape index (κ3) is 3.25. The minimum Gasteiger partial charge on any atom is -0.461 e. The predicted octanol–water partition coefficient (Wildman–Crippen LogP) is 3.97. The number of nitrogen functional groups attached to an aromatic ring is 1. The van der Waals surface area contributed by atoms with E-state index in [4.69, 9.17) is 10.2 Å². The van der Waals surface area contributed by atoms with E-state index in [0.717, 1.165) is 16.9 Å². The van der Waals surface area contributed by atoms with Crippen LogP contribution in [0.25, 0.3) is 11.3 Å². The molecule has 0 saturated heterocycles. The molecule has 0 aliphatic rings. The zero-order chi connectivity index (χ0) is 18.2. The molecule has 2 aromatic carbocycles. The average Bonchev–Trinajstić information content (AvgIpc) is 3.01. The maximum absolute atomic E-state index is 12.9. The largest absolute Gasteiger partial charge is 0.461 e. The number of sulfonamides is 1. The lowest BCUT2D eigenvalue weighted by atomic mass is 10.1. The molecule has 0 radical (unpaired) electrons. The molecule has 0 bridgehead atoms. The zero-order valence-corrected chi connectivity index (χ0v) is 15.2. The second-order valence-electron chi connectivity index (χ2n) is 5.95. The summed E-state index contributed by atoms with van der Waals surface area (Å²) in [5, 5.41) is 0. The third-order valence-electron chi connectivity index (χ3n) is 4.11. The minimum atomic E-state index is -3.68. The first kappa shape index (κ1) is 17.1. The van der Waals surface area contributed by atoms with Gasteiger partial charge in [-0.3, -0.25) is 4.31 Å². The van der Waals surface area contributed by atoms with Crippen LogP contribution in [0.3, 0.4) is 0 Å². The number of benzene rings is 2. The lowest BCUT2D eigenvalue weighted by Gasteiger charge is -2.22. The second-order valence-corrected chi connectivity index (χ2v) is 7.92. The third-order valence-corrected chi connectivity index (χ3v) is 5.90. The molecule has 0 unspecified atom stereocenters. The summed E-state index contributed by atoms with van der Waals surface area (Å²) in [5.74, 6) is 1.51. The van der Waals surface area contributed by atoms with Crippen LogP contribution in [0.5, 0.6) is 0 Å². The number of aryl methyl sites for hydroxylation is 2. The van der Waals surface area contributed by atoms with Crippen molar-refractivity contribution in [2.24, 2.45) is 0 Å². The van der Waals surface area contributed by atoms with E-state index in [1.165, 1.54) is 16.4 Å². The van der Waals surface area contributed by atoms with Crippen molar-refractivity contribution in [2.45, 2.75) is 18.7 Å². The van der Waals surface area contributed by atoms with Crippen molar-refractivity contribution in [2.75, 3.05) is 17.1 Å². The molecule has 0 aliphatic carbocycles. The Morgan fingerprint density at radius 2 is 1.64 bits per heavy atom. The lowest BCUT2D eigenvalue weighted by molar-refractivity contribution is 0.548. The number of nitrogens with two attached hydrogens (primary N) is 1. The van der Waals surface area contributed by atoms with Crippen LogP contribution in [-0.2, 0) is 10.0 Å². The quantitative estimate of drug-likeness (QED) is 0.718. The van der Waals surface area contributed by atoms with Gasteiger partial charge in [-0.05, 0) is 61.9 Å².